The molecule has 0 saturated heterocycles. The molecule has 82 valence electrons. The van der Waals surface area contributed by atoms with E-state index in [1.54, 1.807) is 24.3 Å². The van der Waals surface area contributed by atoms with E-state index in [1.165, 1.54) is 6.20 Å². The lowest BCUT2D eigenvalue weighted by molar-refractivity contribution is -0.142. The molecule has 16 heavy (non-hydrogen) atoms. The van der Waals surface area contributed by atoms with Crippen LogP contribution in [0.25, 0.3) is 0 Å². The Morgan fingerprint density at radius 3 is 2.62 bits per heavy atom. The second-order valence-electron chi connectivity index (χ2n) is 3.67. The van der Waals surface area contributed by atoms with Crippen molar-refractivity contribution in [2.45, 2.75) is 5.41 Å². The molecule has 1 aromatic carbocycles. The SMILES string of the molecule is O=CC1=CNCC1(C(=O)O)c1ccccc1. The Morgan fingerprint density at radius 2 is 2.06 bits per heavy atom. The number of carbonyl (C=O) groups excluding carboxylic acids is 1. The van der Waals surface area contributed by atoms with Gasteiger partial charge in [0.2, 0.25) is 0 Å². The van der Waals surface area contributed by atoms with E-state index in [9.17, 15) is 14.7 Å². The van der Waals surface area contributed by atoms with E-state index in [1.807, 2.05) is 6.07 Å². The first-order valence-corrected chi connectivity index (χ1v) is 4.90. The molecular weight excluding hydrogens is 206 g/mol. The molecule has 0 fully saturated rings. The Bertz CT molecular complexity index is 453. The first-order chi connectivity index (χ1) is 7.71. The molecule has 0 spiro atoms. The zero-order valence-electron chi connectivity index (χ0n) is 8.51. The second kappa shape index (κ2) is 3.81. The van der Waals surface area contributed by atoms with Gasteiger partial charge < -0.3 is 10.4 Å². The minimum Gasteiger partial charge on any atom is -0.480 e. The summed E-state index contributed by atoms with van der Waals surface area (Å²) in [7, 11) is 0. The monoisotopic (exact) mass is 217 g/mol. The Morgan fingerprint density at radius 1 is 1.38 bits per heavy atom. The molecule has 2 rings (SSSR count). The van der Waals surface area contributed by atoms with E-state index in [4.69, 9.17) is 0 Å². The third kappa shape index (κ3) is 1.31. The number of carboxylic acids is 1. The molecule has 1 unspecified atom stereocenters. The van der Waals surface area contributed by atoms with Crippen molar-refractivity contribution in [3.63, 3.8) is 0 Å². The highest BCUT2D eigenvalue weighted by Gasteiger charge is 2.46. The van der Waals surface area contributed by atoms with Crippen LogP contribution in [0, 0.1) is 0 Å². The molecule has 4 heteroatoms. The van der Waals surface area contributed by atoms with E-state index >= 15 is 0 Å². The molecule has 0 aliphatic carbocycles. The van der Waals surface area contributed by atoms with E-state index in [0.29, 0.717) is 11.8 Å². The summed E-state index contributed by atoms with van der Waals surface area (Å²) in [6, 6.07) is 8.78. The van der Waals surface area contributed by atoms with E-state index in [2.05, 4.69) is 5.32 Å². The lowest BCUT2D eigenvalue weighted by Crippen LogP contribution is -2.41. The Kier molecular flexibility index (Phi) is 2.48. The van der Waals surface area contributed by atoms with Crippen LogP contribution < -0.4 is 5.32 Å². The lowest BCUT2D eigenvalue weighted by Gasteiger charge is -2.24. The van der Waals surface area contributed by atoms with Crippen LogP contribution in [-0.4, -0.2) is 23.9 Å². The average Bonchev–Trinajstić information content (AvgIpc) is 2.74. The first kappa shape index (κ1) is 10.4. The van der Waals surface area contributed by atoms with Crippen molar-refractivity contribution in [1.82, 2.24) is 5.32 Å². The van der Waals surface area contributed by atoms with Gasteiger partial charge in [0.05, 0.1) is 0 Å². The van der Waals surface area contributed by atoms with Gasteiger partial charge >= 0.3 is 5.97 Å². The molecule has 0 saturated carbocycles. The number of rotatable bonds is 3. The van der Waals surface area contributed by atoms with Gasteiger partial charge in [-0.2, -0.15) is 0 Å². The topological polar surface area (TPSA) is 66.4 Å². The molecule has 1 aliphatic heterocycles. The van der Waals surface area contributed by atoms with Gasteiger partial charge in [0.1, 0.15) is 11.7 Å². The summed E-state index contributed by atoms with van der Waals surface area (Å²) in [5.74, 6) is -1.01. The summed E-state index contributed by atoms with van der Waals surface area (Å²) in [6.07, 6.45) is 2.06. The molecule has 2 N–H and O–H groups in total. The normalized spacial score (nSPS) is 23.4. The van der Waals surface area contributed by atoms with Crippen LogP contribution in [0.2, 0.25) is 0 Å². The van der Waals surface area contributed by atoms with Crippen LogP contribution in [0.4, 0.5) is 0 Å². The number of aliphatic carboxylic acids is 1. The molecular formula is C12H11NO3. The molecule has 1 aliphatic rings. The van der Waals surface area contributed by atoms with Gasteiger partial charge in [-0.25, -0.2) is 0 Å². The van der Waals surface area contributed by atoms with Gasteiger partial charge in [-0.3, -0.25) is 9.59 Å². The molecule has 1 atom stereocenters. The van der Waals surface area contributed by atoms with E-state index < -0.39 is 11.4 Å². The van der Waals surface area contributed by atoms with Crippen molar-refractivity contribution in [1.29, 1.82) is 0 Å². The number of aldehydes is 1. The number of benzene rings is 1. The summed E-state index contributed by atoms with van der Waals surface area (Å²) in [6.45, 7) is 0.209. The highest BCUT2D eigenvalue weighted by molar-refractivity contribution is 5.96. The van der Waals surface area contributed by atoms with Crippen molar-refractivity contribution in [3.8, 4) is 0 Å². The first-order valence-electron chi connectivity index (χ1n) is 4.90. The van der Waals surface area contributed by atoms with Crippen molar-refractivity contribution >= 4 is 12.3 Å². The van der Waals surface area contributed by atoms with Crippen molar-refractivity contribution < 1.29 is 14.7 Å². The second-order valence-corrected chi connectivity index (χ2v) is 3.67. The Labute approximate surface area is 92.6 Å². The number of hydrogen-bond donors (Lipinski definition) is 2. The molecule has 1 aromatic rings. The molecule has 0 aromatic heterocycles. The van der Waals surface area contributed by atoms with Crippen LogP contribution in [0.3, 0.4) is 0 Å². The predicted molar refractivity (Wildman–Crippen MR) is 57.9 cm³/mol. The van der Waals surface area contributed by atoms with Gasteiger partial charge in [0.15, 0.2) is 0 Å². The van der Waals surface area contributed by atoms with Crippen LogP contribution in [0.5, 0.6) is 0 Å². The van der Waals surface area contributed by atoms with Gasteiger partial charge in [0.25, 0.3) is 0 Å². The highest BCUT2D eigenvalue weighted by atomic mass is 16.4. The molecule has 1 heterocycles. The molecule has 0 radical (unpaired) electrons. The largest absolute Gasteiger partial charge is 0.480 e. The van der Waals surface area contributed by atoms with E-state index in [0.717, 1.165) is 0 Å². The Balaban J connectivity index is 2.58. The maximum atomic E-state index is 11.5. The fourth-order valence-corrected chi connectivity index (χ4v) is 1.99. The van der Waals surface area contributed by atoms with Gasteiger partial charge in [-0.15, -0.1) is 0 Å². The standard InChI is InChI=1S/C12H11NO3/c14-7-10-6-13-8-12(10,11(15)16)9-4-2-1-3-5-9/h1-7,13H,8H2,(H,15,16). The number of nitrogens with one attached hydrogen (secondary N) is 1. The number of carbonyl (C=O) groups is 2. The van der Waals surface area contributed by atoms with E-state index in [-0.39, 0.29) is 12.1 Å². The predicted octanol–water partition coefficient (Wildman–Crippen LogP) is 0.695. The molecule has 4 nitrogen and oxygen atoms in total. The summed E-state index contributed by atoms with van der Waals surface area (Å²) in [5.41, 5.74) is -0.375. The third-order valence-electron chi connectivity index (χ3n) is 2.88. The van der Waals surface area contributed by atoms with Crippen molar-refractivity contribution in [3.05, 3.63) is 47.7 Å². The van der Waals surface area contributed by atoms with Crippen LogP contribution in [0.1, 0.15) is 5.56 Å². The molecule has 0 bridgehead atoms. The van der Waals surface area contributed by atoms with Gasteiger partial charge in [-0.05, 0) is 5.56 Å². The van der Waals surface area contributed by atoms with Crippen molar-refractivity contribution in [2.24, 2.45) is 0 Å². The maximum absolute atomic E-state index is 11.5. The summed E-state index contributed by atoms with van der Waals surface area (Å²) >= 11 is 0. The number of hydrogen-bond acceptors (Lipinski definition) is 3. The third-order valence-corrected chi connectivity index (χ3v) is 2.88. The van der Waals surface area contributed by atoms with Crippen LogP contribution in [0.15, 0.2) is 42.1 Å². The minimum absolute atomic E-state index is 0.209. The van der Waals surface area contributed by atoms with Crippen LogP contribution >= 0.6 is 0 Å². The van der Waals surface area contributed by atoms with Gasteiger partial charge in [0, 0.05) is 18.3 Å². The van der Waals surface area contributed by atoms with Crippen LogP contribution in [-0.2, 0) is 15.0 Å². The Hall–Kier alpha value is -2.10. The van der Waals surface area contributed by atoms with Gasteiger partial charge in [-0.1, -0.05) is 30.3 Å². The highest BCUT2D eigenvalue weighted by Crippen LogP contribution is 2.33. The maximum Gasteiger partial charge on any atom is 0.320 e. The summed E-state index contributed by atoms with van der Waals surface area (Å²) in [4.78, 5) is 22.4. The fourth-order valence-electron chi connectivity index (χ4n) is 1.99. The molecule has 0 amide bonds. The minimum atomic E-state index is -1.25. The fraction of sp³-hybridized carbons (Fsp3) is 0.167. The average molecular weight is 217 g/mol. The quantitative estimate of drug-likeness (QED) is 0.731. The van der Waals surface area contributed by atoms with Crippen molar-refractivity contribution in [2.75, 3.05) is 6.54 Å². The zero-order valence-corrected chi connectivity index (χ0v) is 8.51. The smallest absolute Gasteiger partial charge is 0.320 e. The lowest BCUT2D eigenvalue weighted by atomic mass is 9.76. The number of carboxylic acid groups (broad SMARTS) is 1. The summed E-state index contributed by atoms with van der Waals surface area (Å²) < 4.78 is 0. The summed E-state index contributed by atoms with van der Waals surface area (Å²) in [5, 5.41) is 12.2. The zero-order chi connectivity index (χ0) is 11.6.